The molecule has 0 amide bonds. The van der Waals surface area contributed by atoms with Gasteiger partial charge in [-0.2, -0.15) is 0 Å². The lowest BCUT2D eigenvalue weighted by atomic mass is 10.0. The van der Waals surface area contributed by atoms with Gasteiger partial charge in [0, 0.05) is 10.9 Å². The summed E-state index contributed by atoms with van der Waals surface area (Å²) < 4.78 is 4.95. The van der Waals surface area contributed by atoms with Gasteiger partial charge in [-0.1, -0.05) is 48.5 Å². The predicted molar refractivity (Wildman–Crippen MR) is 79.8 cm³/mol. The number of para-hydroxylation sites is 1. The maximum atomic E-state index is 12.2. The molecule has 20 heavy (non-hydrogen) atoms. The van der Waals surface area contributed by atoms with Gasteiger partial charge < -0.3 is 9.72 Å². The number of benzene rings is 2. The number of ether oxygens (including phenoxy) is 1. The Morgan fingerprint density at radius 2 is 1.80 bits per heavy atom. The van der Waals surface area contributed by atoms with Gasteiger partial charge in [-0.3, -0.25) is 0 Å². The molecule has 0 saturated carbocycles. The van der Waals surface area contributed by atoms with E-state index < -0.39 is 0 Å². The highest BCUT2D eigenvalue weighted by atomic mass is 16.5. The second kappa shape index (κ2) is 4.85. The summed E-state index contributed by atoms with van der Waals surface area (Å²) in [6.07, 6.45) is 0. The van der Waals surface area contributed by atoms with E-state index in [1.807, 2.05) is 55.5 Å². The van der Waals surface area contributed by atoms with Crippen molar-refractivity contribution in [2.45, 2.75) is 6.92 Å². The van der Waals surface area contributed by atoms with Crippen LogP contribution in [0.1, 0.15) is 15.9 Å². The van der Waals surface area contributed by atoms with E-state index in [2.05, 4.69) is 4.98 Å². The van der Waals surface area contributed by atoms with Gasteiger partial charge in [0.2, 0.25) is 0 Å². The smallest absolute Gasteiger partial charge is 0.340 e. The van der Waals surface area contributed by atoms with Gasteiger partial charge in [0.1, 0.15) is 0 Å². The number of aromatic nitrogens is 1. The number of aromatic amines is 1. The first kappa shape index (κ1) is 12.5. The molecule has 0 spiro atoms. The van der Waals surface area contributed by atoms with Crippen LogP contribution in [-0.4, -0.2) is 18.1 Å². The molecule has 0 aliphatic rings. The summed E-state index contributed by atoms with van der Waals surface area (Å²) in [6.45, 7) is 2.02. The molecule has 0 fully saturated rings. The highest BCUT2D eigenvalue weighted by molar-refractivity contribution is 6.10. The van der Waals surface area contributed by atoms with E-state index in [0.29, 0.717) is 5.56 Å². The Balaban J connectivity index is 2.36. The number of H-pyrrole nitrogens is 1. The molecule has 3 rings (SSSR count). The molecule has 100 valence electrons. The summed E-state index contributed by atoms with van der Waals surface area (Å²) >= 11 is 0. The van der Waals surface area contributed by atoms with Gasteiger partial charge in [-0.25, -0.2) is 4.79 Å². The first-order valence-corrected chi connectivity index (χ1v) is 6.47. The molecule has 0 aliphatic heterocycles. The molecule has 0 aliphatic carbocycles. The number of esters is 1. The van der Waals surface area contributed by atoms with Crippen molar-refractivity contribution in [2.24, 2.45) is 0 Å². The highest BCUT2D eigenvalue weighted by Gasteiger charge is 2.20. The third kappa shape index (κ3) is 1.88. The Bertz CT molecular complexity index is 772. The van der Waals surface area contributed by atoms with Crippen molar-refractivity contribution in [3.8, 4) is 11.3 Å². The first-order valence-electron chi connectivity index (χ1n) is 6.47. The number of hydrogen-bond donors (Lipinski definition) is 1. The van der Waals surface area contributed by atoms with E-state index in [-0.39, 0.29) is 5.97 Å². The summed E-state index contributed by atoms with van der Waals surface area (Å²) in [5.74, 6) is -0.319. The minimum Gasteiger partial charge on any atom is -0.465 e. The number of nitrogens with one attached hydrogen (secondary N) is 1. The van der Waals surface area contributed by atoms with Crippen molar-refractivity contribution >= 4 is 16.9 Å². The van der Waals surface area contributed by atoms with Crippen LogP contribution in [0.5, 0.6) is 0 Å². The molecule has 0 saturated heterocycles. The maximum Gasteiger partial charge on any atom is 0.340 e. The fourth-order valence-corrected chi connectivity index (χ4v) is 2.50. The monoisotopic (exact) mass is 265 g/mol. The van der Waals surface area contributed by atoms with Crippen molar-refractivity contribution < 1.29 is 9.53 Å². The number of fused-ring (bicyclic) bond motifs is 1. The number of hydrogen-bond acceptors (Lipinski definition) is 2. The van der Waals surface area contributed by atoms with Crippen molar-refractivity contribution in [2.75, 3.05) is 7.11 Å². The van der Waals surface area contributed by atoms with Crippen LogP contribution >= 0.6 is 0 Å². The maximum absolute atomic E-state index is 12.2. The molecule has 1 heterocycles. The number of rotatable bonds is 2. The Labute approximate surface area is 117 Å². The fraction of sp³-hybridized carbons (Fsp3) is 0.118. The summed E-state index contributed by atoms with van der Waals surface area (Å²) in [5, 5.41) is 0.899. The molecule has 3 heteroatoms. The number of methoxy groups -OCH3 is 1. The predicted octanol–water partition coefficient (Wildman–Crippen LogP) is 3.93. The van der Waals surface area contributed by atoms with Crippen LogP contribution in [0.4, 0.5) is 0 Å². The zero-order valence-corrected chi connectivity index (χ0v) is 11.4. The molecular formula is C17H15NO2. The highest BCUT2D eigenvalue weighted by Crippen LogP contribution is 2.32. The van der Waals surface area contributed by atoms with Gasteiger partial charge in [-0.15, -0.1) is 0 Å². The number of carbonyl (C=O) groups is 1. The summed E-state index contributed by atoms with van der Waals surface area (Å²) in [4.78, 5) is 15.5. The molecule has 1 N–H and O–H groups in total. The van der Waals surface area contributed by atoms with Crippen LogP contribution < -0.4 is 0 Å². The average Bonchev–Trinajstić information content (AvgIpc) is 2.88. The lowest BCUT2D eigenvalue weighted by Crippen LogP contribution is -2.02. The minimum atomic E-state index is -0.319. The quantitative estimate of drug-likeness (QED) is 0.713. The zero-order valence-electron chi connectivity index (χ0n) is 11.4. The normalized spacial score (nSPS) is 10.7. The summed E-state index contributed by atoms with van der Waals surface area (Å²) in [5.41, 5.74) is 4.46. The zero-order chi connectivity index (χ0) is 14.1. The van der Waals surface area contributed by atoms with Crippen LogP contribution in [0.25, 0.3) is 22.2 Å². The Morgan fingerprint density at radius 3 is 2.50 bits per heavy atom. The molecule has 0 atom stereocenters. The van der Waals surface area contributed by atoms with Crippen LogP contribution in [-0.2, 0) is 4.74 Å². The van der Waals surface area contributed by atoms with Crippen molar-refractivity contribution in [3.63, 3.8) is 0 Å². The van der Waals surface area contributed by atoms with Crippen molar-refractivity contribution in [3.05, 3.63) is 59.7 Å². The standard InChI is InChI=1S/C17H15NO2/c1-11-7-6-10-13-14(17(19)20-2)16(18-15(11)13)12-8-4-3-5-9-12/h3-10,18H,1-2H3. The topological polar surface area (TPSA) is 42.1 Å². The van der Waals surface area contributed by atoms with E-state index in [1.54, 1.807) is 0 Å². The minimum absolute atomic E-state index is 0.319. The largest absolute Gasteiger partial charge is 0.465 e. The van der Waals surface area contributed by atoms with Crippen molar-refractivity contribution in [1.82, 2.24) is 4.98 Å². The van der Waals surface area contributed by atoms with E-state index >= 15 is 0 Å². The van der Waals surface area contributed by atoms with Crippen LogP contribution in [0, 0.1) is 6.92 Å². The number of carbonyl (C=O) groups excluding carboxylic acids is 1. The lowest BCUT2D eigenvalue weighted by Gasteiger charge is -2.03. The molecule has 0 radical (unpaired) electrons. The third-order valence-corrected chi connectivity index (χ3v) is 3.49. The summed E-state index contributed by atoms with van der Waals surface area (Å²) in [6, 6.07) is 15.7. The fourth-order valence-electron chi connectivity index (χ4n) is 2.50. The van der Waals surface area contributed by atoms with Gasteiger partial charge in [0.25, 0.3) is 0 Å². The molecule has 3 aromatic rings. The van der Waals surface area contributed by atoms with Gasteiger partial charge in [0.15, 0.2) is 0 Å². The Hall–Kier alpha value is -2.55. The summed E-state index contributed by atoms with van der Waals surface area (Å²) in [7, 11) is 1.41. The Kier molecular flexibility index (Phi) is 3.03. The first-order chi connectivity index (χ1) is 9.72. The number of aryl methyl sites for hydroxylation is 1. The molecule has 2 aromatic carbocycles. The van der Waals surface area contributed by atoms with Crippen molar-refractivity contribution in [1.29, 1.82) is 0 Å². The molecule has 0 bridgehead atoms. The van der Waals surface area contributed by atoms with Gasteiger partial charge >= 0.3 is 5.97 Å². The Morgan fingerprint density at radius 1 is 1.05 bits per heavy atom. The third-order valence-electron chi connectivity index (χ3n) is 3.49. The molecule has 1 aromatic heterocycles. The SMILES string of the molecule is COC(=O)c1c(-c2ccccc2)[nH]c2c(C)cccc12. The van der Waals surface area contributed by atoms with Gasteiger partial charge in [0.05, 0.1) is 18.4 Å². The van der Waals surface area contributed by atoms with E-state index in [9.17, 15) is 4.79 Å². The second-order valence-electron chi connectivity index (χ2n) is 4.73. The van der Waals surface area contributed by atoms with E-state index in [4.69, 9.17) is 4.74 Å². The van der Waals surface area contributed by atoms with Crippen LogP contribution in [0.2, 0.25) is 0 Å². The van der Waals surface area contributed by atoms with Crippen LogP contribution in [0.15, 0.2) is 48.5 Å². The lowest BCUT2D eigenvalue weighted by molar-refractivity contribution is 0.0604. The molecule has 3 nitrogen and oxygen atoms in total. The van der Waals surface area contributed by atoms with Gasteiger partial charge in [-0.05, 0) is 18.1 Å². The molecular weight excluding hydrogens is 250 g/mol. The van der Waals surface area contributed by atoms with Crippen LogP contribution in [0.3, 0.4) is 0 Å². The second-order valence-corrected chi connectivity index (χ2v) is 4.73. The van der Waals surface area contributed by atoms with E-state index in [0.717, 1.165) is 27.7 Å². The average molecular weight is 265 g/mol. The van der Waals surface area contributed by atoms with E-state index in [1.165, 1.54) is 7.11 Å². The molecule has 0 unspecified atom stereocenters.